The Balaban J connectivity index is 0. The monoisotopic (exact) mass is 641 g/mol. The average Bonchev–Trinajstić information content (AvgIpc) is 3.04. The minimum atomic E-state index is -0.309. The van der Waals surface area contributed by atoms with Gasteiger partial charge in [0.2, 0.25) is 0 Å². The molecular weight excluding hydrogens is 585 g/mol. The van der Waals surface area contributed by atoms with Gasteiger partial charge in [-0.2, -0.15) is 0 Å². The van der Waals surface area contributed by atoms with Gasteiger partial charge in [0.25, 0.3) is 0 Å². The van der Waals surface area contributed by atoms with Gasteiger partial charge in [-0.15, -0.1) is 0 Å². The van der Waals surface area contributed by atoms with E-state index in [1.165, 1.54) is 24.3 Å². The van der Waals surface area contributed by atoms with Crippen molar-refractivity contribution in [3.8, 4) is 0 Å². The van der Waals surface area contributed by atoms with E-state index in [9.17, 15) is 9.59 Å². The number of aromatic nitrogens is 1. The zero-order valence-electron chi connectivity index (χ0n) is 28.9. The molecule has 0 aliphatic rings. The predicted octanol–water partition coefficient (Wildman–Crippen LogP) is 8.94. The fourth-order valence-electron chi connectivity index (χ4n) is 3.50. The molecule has 0 bridgehead atoms. The number of aliphatic imine (C=N–C) groups is 1. The van der Waals surface area contributed by atoms with Crippen molar-refractivity contribution >= 4 is 22.9 Å². The number of allylic oxidation sites excluding steroid dienone is 4. The second-order valence-corrected chi connectivity index (χ2v) is 10.2. The first-order valence-electron chi connectivity index (χ1n) is 15.6. The molecule has 1 unspecified atom stereocenters. The molecule has 256 valence electrons. The van der Waals surface area contributed by atoms with Crippen molar-refractivity contribution in [1.82, 2.24) is 10.5 Å². The van der Waals surface area contributed by atoms with Crippen LogP contribution in [0.3, 0.4) is 0 Å². The highest BCUT2D eigenvalue weighted by Crippen LogP contribution is 2.23. The third-order valence-electron chi connectivity index (χ3n) is 6.28. The number of nitrogens with zero attached hydrogens (tertiary/aromatic N) is 3. The molecule has 10 heteroatoms. The molecule has 0 aliphatic heterocycles. The quantitative estimate of drug-likeness (QED) is 0.0444. The summed E-state index contributed by atoms with van der Waals surface area (Å²) in [4.78, 5) is 8.28. The summed E-state index contributed by atoms with van der Waals surface area (Å²) < 4.78 is 12.1. The van der Waals surface area contributed by atoms with Crippen molar-refractivity contribution in [2.45, 2.75) is 87.5 Å². The van der Waals surface area contributed by atoms with Crippen LogP contribution in [0.15, 0.2) is 89.3 Å². The number of hydrogen-bond acceptors (Lipinski definition) is 8. The Kier molecular flexibility index (Phi) is 25.8. The van der Waals surface area contributed by atoms with Crippen LogP contribution in [0.2, 0.25) is 0 Å². The van der Waals surface area contributed by atoms with Crippen LogP contribution in [0.5, 0.6) is 0 Å². The Labute approximate surface area is 275 Å². The van der Waals surface area contributed by atoms with Crippen molar-refractivity contribution in [2.75, 3.05) is 12.3 Å². The van der Waals surface area contributed by atoms with Crippen LogP contribution in [0, 0.1) is 12.8 Å². The van der Waals surface area contributed by atoms with Crippen molar-refractivity contribution in [1.29, 1.82) is 0 Å². The lowest BCUT2D eigenvalue weighted by Gasteiger charge is -2.10. The third kappa shape index (κ3) is 20.6. The van der Waals surface area contributed by atoms with E-state index in [0.29, 0.717) is 24.8 Å². The van der Waals surface area contributed by atoms with Crippen molar-refractivity contribution < 1.29 is 25.0 Å². The average molecular weight is 642 g/mol. The number of halogens is 1. The number of hydrogen-bond donors (Lipinski definition) is 6. The maximum Gasteiger partial charge on any atom is 0.182 e. The number of amidine groups is 1. The predicted molar refractivity (Wildman–Crippen MR) is 192 cm³/mol. The van der Waals surface area contributed by atoms with Gasteiger partial charge in [0.05, 0.1) is 6.20 Å². The number of aliphatic hydroxyl groups is 3. The summed E-state index contributed by atoms with van der Waals surface area (Å²) in [5, 5.41) is 37.6. The SMILES string of the molecule is C=C(O)/C=C(\CCC)c1cnc(N)c(C/C=C\C(=N/F)NO)c1.CC.CC(=N/C=C(/C)O)c1ccc(C)cc1.CCC(C)CCO. The molecule has 2 aromatic rings. The molecule has 0 aliphatic carbocycles. The summed E-state index contributed by atoms with van der Waals surface area (Å²) in [7, 11) is 0. The highest BCUT2D eigenvalue weighted by atomic mass is 19.2. The van der Waals surface area contributed by atoms with Crippen LogP contribution >= 0.6 is 0 Å². The van der Waals surface area contributed by atoms with E-state index in [-0.39, 0.29) is 17.4 Å². The first kappa shape index (κ1) is 43.8. The normalized spacial score (nSPS) is 12.6. The lowest BCUT2D eigenvalue weighted by Crippen LogP contribution is -2.15. The summed E-state index contributed by atoms with van der Waals surface area (Å²) in [6, 6.07) is 9.99. The van der Waals surface area contributed by atoms with Crippen LogP contribution in [0.4, 0.5) is 10.3 Å². The van der Waals surface area contributed by atoms with E-state index >= 15 is 0 Å². The van der Waals surface area contributed by atoms with Gasteiger partial charge < -0.3 is 21.1 Å². The minimum Gasteiger partial charge on any atom is -0.511 e. The van der Waals surface area contributed by atoms with Gasteiger partial charge in [0.15, 0.2) is 5.84 Å². The second kappa shape index (κ2) is 27.1. The van der Waals surface area contributed by atoms with Crippen LogP contribution < -0.4 is 11.2 Å². The summed E-state index contributed by atoms with van der Waals surface area (Å²) in [5.74, 6) is 0.939. The molecule has 7 N–H and O–H groups in total. The number of nitrogens with one attached hydrogen (secondary N) is 1. The molecule has 0 fully saturated rings. The lowest BCUT2D eigenvalue weighted by molar-refractivity contribution is 0.232. The summed E-state index contributed by atoms with van der Waals surface area (Å²) in [6.45, 7) is 19.7. The lowest BCUT2D eigenvalue weighted by atomic mass is 9.99. The molecule has 0 amide bonds. The number of nitrogen functional groups attached to an aromatic ring is 1. The molecule has 0 spiro atoms. The molecule has 1 heterocycles. The highest BCUT2D eigenvalue weighted by Gasteiger charge is 2.07. The standard InChI is InChI=1S/C16H21FN4O2.C12H15NO.C6H14O.C2H6/c1-3-5-12(8-11(2)22)14-9-13(16(18)19-10-14)6-4-7-15(20-17)21-23;1-9-4-6-12(7-5-9)11(3)13-8-10(2)14;1-3-6(2)4-5-7;1-2/h4,7-10,22-23H,2-3,5-6H2,1H3,(H2,18,19)(H,20,21);4-8,14H,1-3H3;6-7H,3-5H2,1-2H3;1-2H3/b7-4-,12-8+;10-8-,13-11?;;. The van der Waals surface area contributed by atoms with E-state index in [1.807, 2.05) is 65.0 Å². The van der Waals surface area contributed by atoms with E-state index in [4.69, 9.17) is 21.2 Å². The zero-order chi connectivity index (χ0) is 35.5. The fraction of sp³-hybridized carbons (Fsp3) is 0.417. The Morgan fingerprint density at radius 3 is 2.22 bits per heavy atom. The van der Waals surface area contributed by atoms with Crippen molar-refractivity contribution in [2.24, 2.45) is 16.1 Å². The van der Waals surface area contributed by atoms with Crippen molar-refractivity contribution in [3.63, 3.8) is 0 Å². The Hall–Kier alpha value is -4.28. The summed E-state index contributed by atoms with van der Waals surface area (Å²) in [5.41, 5.74) is 13.1. The number of rotatable bonds is 12. The van der Waals surface area contributed by atoms with Gasteiger partial charge in [0, 0.05) is 18.5 Å². The number of benzene rings is 1. The molecule has 1 aromatic carbocycles. The minimum absolute atomic E-state index is 0.0236. The number of aliphatic hydroxyl groups excluding tert-OH is 3. The highest BCUT2D eigenvalue weighted by molar-refractivity contribution is 5.99. The van der Waals surface area contributed by atoms with Gasteiger partial charge in [-0.3, -0.25) is 15.7 Å². The molecule has 9 nitrogen and oxygen atoms in total. The van der Waals surface area contributed by atoms with Gasteiger partial charge in [-0.25, -0.2) is 4.98 Å². The first-order chi connectivity index (χ1) is 21.9. The number of hydroxylamine groups is 1. The Morgan fingerprint density at radius 2 is 1.76 bits per heavy atom. The molecule has 2 rings (SSSR count). The van der Waals surface area contributed by atoms with Crippen LogP contribution in [0.1, 0.15) is 96.4 Å². The zero-order valence-corrected chi connectivity index (χ0v) is 28.9. The maximum absolute atomic E-state index is 12.1. The van der Waals surface area contributed by atoms with Crippen LogP contribution in [-0.2, 0) is 6.42 Å². The van der Waals surface area contributed by atoms with Crippen LogP contribution in [0.25, 0.3) is 5.57 Å². The Bertz CT molecular complexity index is 1280. The molecule has 0 saturated heterocycles. The molecule has 46 heavy (non-hydrogen) atoms. The number of pyridine rings is 1. The fourth-order valence-corrected chi connectivity index (χ4v) is 3.50. The molecule has 0 radical (unpaired) electrons. The molecular formula is C36H56FN5O4. The van der Waals surface area contributed by atoms with E-state index < -0.39 is 0 Å². The number of nitrogens with two attached hydrogens (primary N) is 1. The molecule has 1 atom stereocenters. The van der Waals surface area contributed by atoms with E-state index in [1.54, 1.807) is 30.8 Å². The summed E-state index contributed by atoms with van der Waals surface area (Å²) in [6.07, 6.45) is 11.7. The largest absolute Gasteiger partial charge is 0.511 e. The molecule has 1 aromatic heterocycles. The van der Waals surface area contributed by atoms with Crippen LogP contribution in [-0.4, -0.2) is 43.7 Å². The van der Waals surface area contributed by atoms with Gasteiger partial charge in [-0.05, 0) is 86.4 Å². The van der Waals surface area contributed by atoms with E-state index in [0.717, 1.165) is 47.2 Å². The van der Waals surface area contributed by atoms with Gasteiger partial charge >= 0.3 is 0 Å². The smallest absolute Gasteiger partial charge is 0.182 e. The molecule has 0 saturated carbocycles. The third-order valence-corrected chi connectivity index (χ3v) is 6.28. The van der Waals surface area contributed by atoms with E-state index in [2.05, 4.69) is 35.6 Å². The number of aryl methyl sites for hydroxylation is 1. The number of anilines is 1. The second-order valence-electron chi connectivity index (χ2n) is 10.2. The van der Waals surface area contributed by atoms with Gasteiger partial charge in [-0.1, -0.05) is 99.6 Å². The van der Waals surface area contributed by atoms with Gasteiger partial charge in [0.1, 0.15) is 17.3 Å². The van der Waals surface area contributed by atoms with Crippen molar-refractivity contribution in [3.05, 3.63) is 101 Å². The first-order valence-corrected chi connectivity index (χ1v) is 15.6. The summed E-state index contributed by atoms with van der Waals surface area (Å²) >= 11 is 0. The Morgan fingerprint density at radius 1 is 1.13 bits per heavy atom. The maximum atomic E-state index is 12.1. The topological polar surface area (TPSA) is 157 Å².